The number of rotatable bonds is 16. The summed E-state index contributed by atoms with van der Waals surface area (Å²) >= 11 is 0.335. The van der Waals surface area contributed by atoms with Crippen LogP contribution < -0.4 is 31.7 Å². The van der Waals surface area contributed by atoms with E-state index in [1.165, 1.54) is 0 Å². The Morgan fingerprint density at radius 2 is 1.59 bits per heavy atom. The van der Waals surface area contributed by atoms with Crippen LogP contribution in [-0.2, 0) is 35.2 Å². The number of fused-ring (bicyclic) bond motifs is 1. The van der Waals surface area contributed by atoms with Crippen LogP contribution in [0.5, 0.6) is 0 Å². The summed E-state index contributed by atoms with van der Waals surface area (Å²) in [5, 5.41) is 12.0. The number of nitrogens with zero attached hydrogens (tertiary/aromatic N) is 1. The molecular formula is C30H52N7O6S+. The lowest BCUT2D eigenvalue weighted by Gasteiger charge is -2.38. The zero-order chi connectivity index (χ0) is 32.8. The first kappa shape index (κ1) is 35.8. The minimum Gasteiger partial charge on any atom is -0.363 e. The highest BCUT2D eigenvalue weighted by atomic mass is 32.2. The van der Waals surface area contributed by atoms with Gasteiger partial charge in [0.25, 0.3) is 5.91 Å². The van der Waals surface area contributed by atoms with Crippen molar-refractivity contribution in [3.05, 3.63) is 0 Å². The quantitative estimate of drug-likeness (QED) is 0.0617. The lowest BCUT2D eigenvalue weighted by atomic mass is 9.73. The van der Waals surface area contributed by atoms with Gasteiger partial charge in [-0.25, -0.2) is 4.79 Å². The molecule has 1 unspecified atom stereocenters. The van der Waals surface area contributed by atoms with E-state index < -0.39 is 47.2 Å². The van der Waals surface area contributed by atoms with Gasteiger partial charge in [-0.2, -0.15) is 0 Å². The molecule has 1 saturated heterocycles. The number of hydrogen-bond donors (Lipinski definition) is 6. The molecule has 14 heteroatoms. The van der Waals surface area contributed by atoms with Crippen LogP contribution in [-0.4, -0.2) is 84.8 Å². The van der Waals surface area contributed by atoms with E-state index in [4.69, 9.17) is 5.73 Å². The zero-order valence-corrected chi connectivity index (χ0v) is 27.8. The molecule has 0 radical (unpaired) electrons. The monoisotopic (exact) mass is 638 g/mol. The lowest BCUT2D eigenvalue weighted by Crippen LogP contribution is -2.62. The van der Waals surface area contributed by atoms with Gasteiger partial charge in [-0.05, 0) is 65.5 Å². The van der Waals surface area contributed by atoms with E-state index in [0.717, 1.165) is 32.1 Å². The van der Waals surface area contributed by atoms with Crippen LogP contribution in [0.4, 0.5) is 4.79 Å². The summed E-state index contributed by atoms with van der Waals surface area (Å²) in [4.78, 5) is 67.0. The second-order valence-corrected chi connectivity index (χ2v) is 15.2. The highest BCUT2D eigenvalue weighted by Gasteiger charge is 2.54. The van der Waals surface area contributed by atoms with Crippen LogP contribution in [0.1, 0.15) is 80.1 Å². The van der Waals surface area contributed by atoms with E-state index in [1.807, 2.05) is 41.5 Å². The number of likely N-dealkylation sites (tertiary alicyclic amines) is 1. The maximum Gasteiger partial charge on any atom is 0.587 e. The molecule has 3 fully saturated rings. The molecule has 248 valence electrons. The lowest BCUT2D eigenvalue weighted by molar-refractivity contribution is -0.144. The summed E-state index contributed by atoms with van der Waals surface area (Å²) in [7, 11) is 0. The van der Waals surface area contributed by atoms with Crippen molar-refractivity contribution in [2.75, 3.05) is 26.2 Å². The summed E-state index contributed by atoms with van der Waals surface area (Å²) < 4.78 is 13.1. The van der Waals surface area contributed by atoms with Gasteiger partial charge >= 0.3 is 17.9 Å². The Kier molecular flexibility index (Phi) is 12.2. The number of nitrogens with two attached hydrogens (primary N) is 1. The van der Waals surface area contributed by atoms with Crippen molar-refractivity contribution in [3.63, 3.8) is 0 Å². The average Bonchev–Trinajstić information content (AvgIpc) is 3.68. The molecule has 6 atom stereocenters. The molecule has 1 aliphatic heterocycles. The molecule has 5 amide bonds. The molecule has 0 bridgehead atoms. The number of Topliss-reactive ketones (excluding diaryl/α,β-unsaturated/α-hetero) is 1. The third kappa shape index (κ3) is 9.64. The summed E-state index contributed by atoms with van der Waals surface area (Å²) in [6.45, 7) is 13.8. The summed E-state index contributed by atoms with van der Waals surface area (Å²) in [5.41, 5.74) is 4.32. The predicted molar refractivity (Wildman–Crippen MR) is 167 cm³/mol. The highest BCUT2D eigenvalue weighted by molar-refractivity contribution is 7.63. The molecule has 3 aliphatic rings. The molecule has 3 rings (SSSR count). The molecule has 13 nitrogen and oxygen atoms in total. The molecular weight excluding hydrogens is 586 g/mol. The summed E-state index contributed by atoms with van der Waals surface area (Å²) in [5.74, 6) is -2.32. The number of hydrogen-bond acceptors (Lipinski definition) is 7. The van der Waals surface area contributed by atoms with E-state index in [2.05, 4.69) is 26.0 Å². The smallest absolute Gasteiger partial charge is 0.363 e. The number of carbonyl (C=O) groups is 5. The van der Waals surface area contributed by atoms with Gasteiger partial charge in [0.15, 0.2) is 0 Å². The number of urea groups is 1. The standard InChI is InChI=1S/C30H51N7O6S/c1-29(2,3)21(15-32-12-7-13-33-44-43)35-28(42)36-24(30(4,5)6)27(41)37-16-18-10-11-19(18)22(37)26(40)34-20(14-17-8-9-17)23(38)25(31)39/h17-22,24,32H,7-16H2,1-6H3,(H5-,31,33,34,35,36,39,40,42,43)/p+1/t18-,19-,20?,21+,22-,24+/m0/s1. The van der Waals surface area contributed by atoms with E-state index in [1.54, 1.807) is 4.90 Å². The molecule has 44 heavy (non-hydrogen) atoms. The van der Waals surface area contributed by atoms with Crippen LogP contribution in [0.3, 0.4) is 0 Å². The van der Waals surface area contributed by atoms with Gasteiger partial charge in [0.2, 0.25) is 17.6 Å². The first-order chi connectivity index (χ1) is 20.5. The van der Waals surface area contributed by atoms with E-state index in [9.17, 15) is 28.2 Å². The Hall–Kier alpha value is -2.71. The van der Waals surface area contributed by atoms with Crippen LogP contribution in [0.2, 0.25) is 0 Å². The Morgan fingerprint density at radius 3 is 2.11 bits per heavy atom. The van der Waals surface area contributed by atoms with Crippen LogP contribution in [0, 0.1) is 28.6 Å². The first-order valence-electron chi connectivity index (χ1n) is 15.8. The maximum absolute atomic E-state index is 14.2. The van der Waals surface area contributed by atoms with Crippen LogP contribution in [0.15, 0.2) is 0 Å². The summed E-state index contributed by atoms with van der Waals surface area (Å²) in [6, 6.07) is -3.46. The van der Waals surface area contributed by atoms with Crippen LogP contribution >= 0.6 is 0 Å². The number of carbonyl (C=O) groups excluding carboxylic acids is 5. The normalized spacial score (nSPS) is 23.4. The molecule has 2 aliphatic carbocycles. The number of primary amides is 1. The summed E-state index contributed by atoms with van der Waals surface area (Å²) in [6.07, 6.45) is 4.65. The number of amides is 5. The molecule has 0 aromatic heterocycles. The van der Waals surface area contributed by atoms with Crippen LogP contribution in [0.25, 0.3) is 0 Å². The molecule has 0 aromatic rings. The Bertz CT molecular complexity index is 1090. The van der Waals surface area contributed by atoms with Gasteiger partial charge in [-0.3, -0.25) is 19.2 Å². The van der Waals surface area contributed by atoms with Gasteiger partial charge in [-0.15, -0.1) is 0 Å². The third-order valence-electron chi connectivity index (χ3n) is 9.12. The van der Waals surface area contributed by atoms with Crippen molar-refractivity contribution in [3.8, 4) is 0 Å². The average molecular weight is 639 g/mol. The van der Waals surface area contributed by atoms with Crippen molar-refractivity contribution in [1.29, 1.82) is 0 Å². The van der Waals surface area contributed by atoms with Gasteiger partial charge in [-0.1, -0.05) is 54.4 Å². The SMILES string of the molecule is CC(C)(C)[C@H](NC(=O)N[C@H](CNCCCN[S+]=O)C(C)(C)C)C(=O)N1C[C@@H]2CC[C@@H]2[C@H]1C(=O)NC(CC1CC1)C(=O)C(N)=O. The van der Waals surface area contributed by atoms with Gasteiger partial charge in [0, 0.05) is 19.1 Å². The van der Waals surface area contributed by atoms with Gasteiger partial charge in [0.1, 0.15) is 12.1 Å². The molecule has 2 saturated carbocycles. The van der Waals surface area contributed by atoms with E-state index in [-0.39, 0.29) is 35.1 Å². The molecule has 0 spiro atoms. The van der Waals surface area contributed by atoms with Crippen molar-refractivity contribution >= 4 is 41.4 Å². The minimum absolute atomic E-state index is 0.0440. The number of nitrogens with one attached hydrogen (secondary N) is 5. The topological polar surface area (TPSA) is 192 Å². The highest BCUT2D eigenvalue weighted by Crippen LogP contribution is 2.46. The van der Waals surface area contributed by atoms with Gasteiger partial charge in [0.05, 0.1) is 16.8 Å². The van der Waals surface area contributed by atoms with E-state index in [0.29, 0.717) is 44.5 Å². The second kappa shape index (κ2) is 15.0. The molecule has 7 N–H and O–H groups in total. The minimum atomic E-state index is -1.08. The fourth-order valence-corrected chi connectivity index (χ4v) is 6.27. The fraction of sp³-hybridized carbons (Fsp3) is 0.833. The van der Waals surface area contributed by atoms with Gasteiger partial charge < -0.3 is 31.9 Å². The Balaban J connectivity index is 1.71. The number of ketones is 1. The van der Waals surface area contributed by atoms with E-state index >= 15 is 0 Å². The molecule has 0 aromatic carbocycles. The fourth-order valence-electron chi connectivity index (χ4n) is 6.04. The Morgan fingerprint density at radius 1 is 0.909 bits per heavy atom. The van der Waals surface area contributed by atoms with Crippen molar-refractivity contribution in [2.24, 2.45) is 34.3 Å². The predicted octanol–water partition coefficient (Wildman–Crippen LogP) is 0.604. The largest absolute Gasteiger partial charge is 0.587 e. The third-order valence-corrected chi connectivity index (χ3v) is 9.44. The van der Waals surface area contributed by atoms with Crippen molar-refractivity contribution in [2.45, 2.75) is 104 Å². The van der Waals surface area contributed by atoms with Crippen molar-refractivity contribution < 1.29 is 28.2 Å². The first-order valence-corrected chi connectivity index (χ1v) is 16.5. The second-order valence-electron chi connectivity index (χ2n) is 14.8. The Labute approximate surface area is 265 Å². The maximum atomic E-state index is 14.2. The zero-order valence-electron chi connectivity index (χ0n) is 27.0. The molecule has 1 heterocycles. The van der Waals surface area contributed by atoms with Crippen molar-refractivity contribution in [1.82, 2.24) is 30.9 Å².